The lowest BCUT2D eigenvalue weighted by Gasteiger charge is -2.16. The highest BCUT2D eigenvalue weighted by molar-refractivity contribution is 5.50. The van der Waals surface area contributed by atoms with Gasteiger partial charge in [0.05, 0.1) is 19.8 Å². The Morgan fingerprint density at radius 2 is 2.11 bits per heavy atom. The van der Waals surface area contributed by atoms with Crippen molar-refractivity contribution in [1.82, 2.24) is 5.32 Å². The second kappa shape index (κ2) is 6.19. The van der Waals surface area contributed by atoms with E-state index in [1.165, 1.54) is 20.3 Å². The lowest BCUT2D eigenvalue weighted by molar-refractivity contribution is 0.146. The molecule has 1 aliphatic rings. The molecule has 1 atom stereocenters. The molecule has 1 aliphatic heterocycles. The van der Waals surface area contributed by atoms with Crippen molar-refractivity contribution in [2.75, 3.05) is 27.3 Å². The molecular formula is C14H19F2NO2. The number of benzene rings is 1. The number of halogens is 2. The van der Waals surface area contributed by atoms with E-state index in [0.717, 1.165) is 31.5 Å². The Bertz CT molecular complexity index is 432. The van der Waals surface area contributed by atoms with Crippen molar-refractivity contribution < 1.29 is 18.3 Å². The molecule has 19 heavy (non-hydrogen) atoms. The van der Waals surface area contributed by atoms with Gasteiger partial charge in [0.15, 0.2) is 11.5 Å². The van der Waals surface area contributed by atoms with Crippen LogP contribution >= 0.6 is 0 Å². The van der Waals surface area contributed by atoms with E-state index < -0.39 is 6.43 Å². The van der Waals surface area contributed by atoms with E-state index in [2.05, 4.69) is 5.32 Å². The molecule has 0 radical (unpaired) electrons. The lowest BCUT2D eigenvalue weighted by Crippen LogP contribution is -2.11. The predicted octanol–water partition coefficient (Wildman–Crippen LogP) is 2.79. The molecule has 1 N–H and O–H groups in total. The maximum Gasteiger partial charge on any atom is 0.267 e. The normalized spacial score (nSPS) is 18.9. The van der Waals surface area contributed by atoms with Gasteiger partial charge in [-0.15, -0.1) is 0 Å². The van der Waals surface area contributed by atoms with Gasteiger partial charge in [-0.2, -0.15) is 0 Å². The third kappa shape index (κ3) is 3.15. The first-order chi connectivity index (χ1) is 9.15. The van der Waals surface area contributed by atoms with Crippen molar-refractivity contribution in [1.29, 1.82) is 0 Å². The standard InChI is InChI=1S/C14H19F2NO2/c1-18-12-7-10(5-9-3-4-17-8-9)6-11(14(15)16)13(12)19-2/h6-7,9,14,17H,3-5,8H2,1-2H3. The topological polar surface area (TPSA) is 30.5 Å². The van der Waals surface area contributed by atoms with Crippen LogP contribution < -0.4 is 14.8 Å². The summed E-state index contributed by atoms with van der Waals surface area (Å²) in [4.78, 5) is 0. The van der Waals surface area contributed by atoms with Crippen LogP contribution in [0.1, 0.15) is 24.0 Å². The molecule has 0 spiro atoms. The number of alkyl halides is 2. The SMILES string of the molecule is COc1cc(CC2CCNC2)cc(C(F)F)c1OC. The fourth-order valence-corrected chi connectivity index (χ4v) is 2.56. The van der Waals surface area contributed by atoms with Gasteiger partial charge in [0, 0.05) is 0 Å². The first-order valence-corrected chi connectivity index (χ1v) is 6.39. The van der Waals surface area contributed by atoms with E-state index in [4.69, 9.17) is 9.47 Å². The predicted molar refractivity (Wildman–Crippen MR) is 69.2 cm³/mol. The van der Waals surface area contributed by atoms with Crippen LogP contribution in [0.4, 0.5) is 8.78 Å². The van der Waals surface area contributed by atoms with Crippen LogP contribution in [0.25, 0.3) is 0 Å². The van der Waals surface area contributed by atoms with E-state index >= 15 is 0 Å². The molecule has 1 unspecified atom stereocenters. The second-order valence-electron chi connectivity index (χ2n) is 4.78. The molecule has 2 rings (SSSR count). The Labute approximate surface area is 111 Å². The lowest BCUT2D eigenvalue weighted by atomic mass is 9.96. The molecule has 3 nitrogen and oxygen atoms in total. The summed E-state index contributed by atoms with van der Waals surface area (Å²) in [5.41, 5.74) is 0.782. The first kappa shape index (κ1) is 14.1. The molecule has 0 saturated carbocycles. The van der Waals surface area contributed by atoms with Gasteiger partial charge in [-0.05, 0) is 49.5 Å². The molecule has 1 aromatic carbocycles. The monoisotopic (exact) mass is 271 g/mol. The van der Waals surface area contributed by atoms with Crippen molar-refractivity contribution in [3.63, 3.8) is 0 Å². The Kier molecular flexibility index (Phi) is 4.58. The number of ether oxygens (including phenoxy) is 2. The van der Waals surface area contributed by atoms with Crippen LogP contribution in [0.5, 0.6) is 11.5 Å². The summed E-state index contributed by atoms with van der Waals surface area (Å²) in [7, 11) is 2.85. The van der Waals surface area contributed by atoms with Crippen molar-refractivity contribution in [2.24, 2.45) is 5.92 Å². The number of rotatable bonds is 5. The van der Waals surface area contributed by atoms with Crippen molar-refractivity contribution in [3.8, 4) is 11.5 Å². The van der Waals surface area contributed by atoms with Gasteiger partial charge in [-0.25, -0.2) is 8.78 Å². The number of methoxy groups -OCH3 is 2. The van der Waals surface area contributed by atoms with Gasteiger partial charge in [0.25, 0.3) is 6.43 Å². The van der Waals surface area contributed by atoms with E-state index in [-0.39, 0.29) is 11.3 Å². The van der Waals surface area contributed by atoms with Crippen molar-refractivity contribution in [2.45, 2.75) is 19.3 Å². The minimum Gasteiger partial charge on any atom is -0.493 e. The first-order valence-electron chi connectivity index (χ1n) is 6.39. The Morgan fingerprint density at radius 1 is 1.32 bits per heavy atom. The minimum atomic E-state index is -2.56. The number of hydrogen-bond acceptors (Lipinski definition) is 3. The molecule has 0 aliphatic carbocycles. The smallest absolute Gasteiger partial charge is 0.267 e. The summed E-state index contributed by atoms with van der Waals surface area (Å²) in [6.07, 6.45) is -0.698. The maximum absolute atomic E-state index is 13.1. The molecule has 1 fully saturated rings. The van der Waals surface area contributed by atoms with Gasteiger partial charge >= 0.3 is 0 Å². The molecular weight excluding hydrogens is 252 g/mol. The van der Waals surface area contributed by atoms with Crippen LogP contribution in [-0.4, -0.2) is 27.3 Å². The molecule has 0 bridgehead atoms. The zero-order chi connectivity index (χ0) is 13.8. The molecule has 1 saturated heterocycles. The summed E-state index contributed by atoms with van der Waals surface area (Å²) in [6.45, 7) is 1.94. The third-order valence-electron chi connectivity index (χ3n) is 3.49. The molecule has 5 heteroatoms. The van der Waals surface area contributed by atoms with Crippen molar-refractivity contribution in [3.05, 3.63) is 23.3 Å². The second-order valence-corrected chi connectivity index (χ2v) is 4.78. The zero-order valence-corrected chi connectivity index (χ0v) is 11.2. The van der Waals surface area contributed by atoms with E-state index in [1.807, 2.05) is 0 Å². The molecule has 0 aromatic heterocycles. The van der Waals surface area contributed by atoms with Crippen LogP contribution in [-0.2, 0) is 6.42 Å². The average Bonchev–Trinajstić information content (AvgIpc) is 2.90. The van der Waals surface area contributed by atoms with Crippen LogP contribution in [0.2, 0.25) is 0 Å². The van der Waals surface area contributed by atoms with Gasteiger partial charge < -0.3 is 14.8 Å². The van der Waals surface area contributed by atoms with Crippen LogP contribution in [0, 0.1) is 5.92 Å². The highest BCUT2D eigenvalue weighted by atomic mass is 19.3. The summed E-state index contributed by atoms with van der Waals surface area (Å²) in [5, 5.41) is 3.28. The van der Waals surface area contributed by atoms with Crippen molar-refractivity contribution >= 4 is 0 Å². The zero-order valence-electron chi connectivity index (χ0n) is 11.2. The molecule has 0 amide bonds. The van der Waals surface area contributed by atoms with Crippen LogP contribution in [0.15, 0.2) is 12.1 Å². The largest absolute Gasteiger partial charge is 0.493 e. The fourth-order valence-electron chi connectivity index (χ4n) is 2.56. The van der Waals surface area contributed by atoms with Gasteiger partial charge in [0.2, 0.25) is 0 Å². The highest BCUT2D eigenvalue weighted by Gasteiger charge is 2.22. The van der Waals surface area contributed by atoms with Crippen LogP contribution in [0.3, 0.4) is 0 Å². The van der Waals surface area contributed by atoms with E-state index in [9.17, 15) is 8.78 Å². The summed E-state index contributed by atoms with van der Waals surface area (Å²) in [5.74, 6) is 1.01. The maximum atomic E-state index is 13.1. The minimum absolute atomic E-state index is 0.0946. The summed E-state index contributed by atoms with van der Waals surface area (Å²) in [6, 6.07) is 3.33. The Hall–Kier alpha value is -1.36. The van der Waals surface area contributed by atoms with E-state index in [1.54, 1.807) is 6.07 Å². The number of hydrogen-bond donors (Lipinski definition) is 1. The average molecular weight is 271 g/mol. The van der Waals surface area contributed by atoms with E-state index in [0.29, 0.717) is 11.7 Å². The Balaban J connectivity index is 2.30. The summed E-state index contributed by atoms with van der Waals surface area (Å²) >= 11 is 0. The fraction of sp³-hybridized carbons (Fsp3) is 0.571. The summed E-state index contributed by atoms with van der Waals surface area (Å²) < 4.78 is 36.3. The number of nitrogens with one attached hydrogen (secondary N) is 1. The van der Waals surface area contributed by atoms with Gasteiger partial charge in [-0.3, -0.25) is 0 Å². The van der Waals surface area contributed by atoms with Gasteiger partial charge in [0.1, 0.15) is 0 Å². The van der Waals surface area contributed by atoms with Gasteiger partial charge in [-0.1, -0.05) is 0 Å². The Morgan fingerprint density at radius 3 is 2.63 bits per heavy atom. The molecule has 1 aromatic rings. The third-order valence-corrected chi connectivity index (χ3v) is 3.49. The highest BCUT2D eigenvalue weighted by Crippen LogP contribution is 2.38. The molecule has 1 heterocycles. The quantitative estimate of drug-likeness (QED) is 0.893. The molecule has 106 valence electrons.